The van der Waals surface area contributed by atoms with Gasteiger partial charge < -0.3 is 14.7 Å². The van der Waals surface area contributed by atoms with Crippen LogP contribution >= 0.6 is 24.0 Å². The Morgan fingerprint density at radius 3 is 2.79 bits per heavy atom. The molecule has 150 valence electrons. The highest BCUT2D eigenvalue weighted by Crippen LogP contribution is 2.33. The van der Waals surface area contributed by atoms with Crippen LogP contribution in [0.15, 0.2) is 29.2 Å². The van der Waals surface area contributed by atoms with Gasteiger partial charge in [-0.3, -0.25) is 14.5 Å². The molecule has 2 aliphatic rings. The molecule has 1 aromatic rings. The molecule has 1 unspecified atom stereocenters. The quantitative estimate of drug-likeness (QED) is 0.564. The number of thioether (sulfide) groups is 1. The van der Waals surface area contributed by atoms with E-state index in [1.807, 2.05) is 24.3 Å². The van der Waals surface area contributed by atoms with Gasteiger partial charge in [0.2, 0.25) is 5.91 Å². The molecular formula is C20H24N2O4S2. The van der Waals surface area contributed by atoms with Crippen LogP contribution in [-0.4, -0.2) is 63.9 Å². The average molecular weight is 421 g/mol. The molecule has 2 saturated heterocycles. The zero-order chi connectivity index (χ0) is 20.1. The number of hydrogen-bond acceptors (Lipinski definition) is 6. The topological polar surface area (TPSA) is 70.1 Å². The fourth-order valence-electron chi connectivity index (χ4n) is 3.49. The van der Waals surface area contributed by atoms with Crippen LogP contribution in [0.25, 0.3) is 6.08 Å². The number of thiocarbonyl (C=S) groups is 1. The molecule has 0 radical (unpaired) electrons. The predicted octanol–water partition coefficient (Wildman–Crippen LogP) is 2.66. The van der Waals surface area contributed by atoms with E-state index in [1.165, 1.54) is 16.7 Å². The minimum atomic E-state index is -0.241. The van der Waals surface area contributed by atoms with E-state index in [0.717, 1.165) is 30.6 Å². The average Bonchev–Trinajstić information content (AvgIpc) is 2.96. The SMILES string of the molecule is COc1ccc(C=C2SC(=S)N(CC(=O)N3CCCCC3CCO)C2=O)cc1. The van der Waals surface area contributed by atoms with Gasteiger partial charge in [0.1, 0.15) is 16.6 Å². The van der Waals surface area contributed by atoms with E-state index in [4.69, 9.17) is 17.0 Å². The Bertz CT molecular complexity index is 777. The van der Waals surface area contributed by atoms with Crippen LogP contribution in [0.1, 0.15) is 31.2 Å². The molecule has 1 aromatic carbocycles. The van der Waals surface area contributed by atoms with Gasteiger partial charge in [-0.25, -0.2) is 0 Å². The van der Waals surface area contributed by atoms with Crippen molar-refractivity contribution in [1.82, 2.24) is 9.80 Å². The highest BCUT2D eigenvalue weighted by molar-refractivity contribution is 8.26. The van der Waals surface area contributed by atoms with Crippen LogP contribution < -0.4 is 4.74 Å². The Morgan fingerprint density at radius 2 is 2.11 bits per heavy atom. The molecule has 3 rings (SSSR count). The third-order valence-electron chi connectivity index (χ3n) is 4.99. The summed E-state index contributed by atoms with van der Waals surface area (Å²) in [5.41, 5.74) is 0.867. The van der Waals surface area contributed by atoms with Gasteiger partial charge in [0.25, 0.3) is 5.91 Å². The first kappa shape index (κ1) is 20.8. The van der Waals surface area contributed by atoms with Gasteiger partial charge in [0.15, 0.2) is 0 Å². The van der Waals surface area contributed by atoms with Gasteiger partial charge in [-0.2, -0.15) is 0 Å². The maximum atomic E-state index is 12.8. The normalized spacial score (nSPS) is 21.5. The number of benzene rings is 1. The molecule has 1 N–H and O–H groups in total. The Hall–Kier alpha value is -1.90. The highest BCUT2D eigenvalue weighted by Gasteiger charge is 2.36. The molecule has 2 aliphatic heterocycles. The molecule has 0 saturated carbocycles. The van der Waals surface area contributed by atoms with Crippen LogP contribution in [0.2, 0.25) is 0 Å². The lowest BCUT2D eigenvalue weighted by Crippen LogP contribution is -2.49. The summed E-state index contributed by atoms with van der Waals surface area (Å²) in [5, 5.41) is 9.25. The fraction of sp³-hybridized carbons (Fsp3) is 0.450. The molecular weight excluding hydrogens is 396 g/mol. The number of nitrogens with zero attached hydrogens (tertiary/aromatic N) is 2. The van der Waals surface area contributed by atoms with Gasteiger partial charge >= 0.3 is 0 Å². The summed E-state index contributed by atoms with van der Waals surface area (Å²) in [4.78, 5) is 29.3. The molecule has 8 heteroatoms. The smallest absolute Gasteiger partial charge is 0.266 e. The lowest BCUT2D eigenvalue weighted by atomic mass is 9.99. The summed E-state index contributed by atoms with van der Waals surface area (Å²) >= 11 is 6.56. The molecule has 28 heavy (non-hydrogen) atoms. The van der Waals surface area contributed by atoms with Crippen molar-refractivity contribution in [1.29, 1.82) is 0 Å². The number of carbonyl (C=O) groups excluding carboxylic acids is 2. The predicted molar refractivity (Wildman–Crippen MR) is 114 cm³/mol. The Kier molecular flexibility index (Phi) is 7.09. The molecule has 0 aromatic heterocycles. The number of piperidine rings is 1. The monoisotopic (exact) mass is 420 g/mol. The molecule has 0 bridgehead atoms. The molecule has 0 aliphatic carbocycles. The zero-order valence-corrected chi connectivity index (χ0v) is 17.4. The van der Waals surface area contributed by atoms with Crippen molar-refractivity contribution in [3.63, 3.8) is 0 Å². The fourth-order valence-corrected chi connectivity index (χ4v) is 4.75. The minimum absolute atomic E-state index is 0.0412. The molecule has 2 heterocycles. The third-order valence-corrected chi connectivity index (χ3v) is 6.37. The Balaban J connectivity index is 1.69. The number of aliphatic hydroxyl groups excluding tert-OH is 1. The van der Waals surface area contributed by atoms with Gasteiger partial charge in [-0.1, -0.05) is 36.1 Å². The van der Waals surface area contributed by atoms with Gasteiger partial charge in [-0.05, 0) is 49.5 Å². The van der Waals surface area contributed by atoms with E-state index in [2.05, 4.69) is 0 Å². The summed E-state index contributed by atoms with van der Waals surface area (Å²) < 4.78 is 5.54. The first-order valence-corrected chi connectivity index (χ1v) is 10.6. The minimum Gasteiger partial charge on any atom is -0.497 e. The summed E-state index contributed by atoms with van der Waals surface area (Å²) in [6.07, 6.45) is 5.24. The second-order valence-corrected chi connectivity index (χ2v) is 8.47. The zero-order valence-electron chi connectivity index (χ0n) is 15.8. The molecule has 1 atom stereocenters. The number of ether oxygens (including phenoxy) is 1. The van der Waals surface area contributed by atoms with Crippen LogP contribution in [0.5, 0.6) is 5.75 Å². The van der Waals surface area contributed by atoms with E-state index in [0.29, 0.717) is 22.2 Å². The summed E-state index contributed by atoms with van der Waals surface area (Å²) in [6.45, 7) is 0.673. The highest BCUT2D eigenvalue weighted by atomic mass is 32.2. The third kappa shape index (κ3) is 4.74. The van der Waals surface area contributed by atoms with Crippen molar-refractivity contribution in [2.24, 2.45) is 0 Å². The van der Waals surface area contributed by atoms with Crippen LogP contribution in [0.3, 0.4) is 0 Å². The Labute approximate surface area is 174 Å². The number of carbonyl (C=O) groups is 2. The lowest BCUT2D eigenvalue weighted by Gasteiger charge is -2.36. The van der Waals surface area contributed by atoms with Gasteiger partial charge in [-0.15, -0.1) is 0 Å². The van der Waals surface area contributed by atoms with Gasteiger partial charge in [0.05, 0.1) is 12.0 Å². The van der Waals surface area contributed by atoms with Crippen molar-refractivity contribution < 1.29 is 19.4 Å². The van der Waals surface area contributed by atoms with E-state index < -0.39 is 0 Å². The molecule has 6 nitrogen and oxygen atoms in total. The number of amides is 2. The van der Waals surface area contributed by atoms with E-state index >= 15 is 0 Å². The second kappa shape index (κ2) is 9.54. The Morgan fingerprint density at radius 1 is 1.36 bits per heavy atom. The number of methoxy groups -OCH3 is 1. The maximum Gasteiger partial charge on any atom is 0.266 e. The summed E-state index contributed by atoms with van der Waals surface area (Å²) in [5.74, 6) is 0.393. The summed E-state index contributed by atoms with van der Waals surface area (Å²) in [6, 6.07) is 7.43. The van der Waals surface area contributed by atoms with Crippen molar-refractivity contribution >= 4 is 46.2 Å². The number of aliphatic hydroxyl groups is 1. The maximum absolute atomic E-state index is 12.8. The number of rotatable bonds is 6. The lowest BCUT2D eigenvalue weighted by molar-refractivity contribution is -0.138. The largest absolute Gasteiger partial charge is 0.497 e. The molecule has 0 spiro atoms. The number of likely N-dealkylation sites (tertiary alicyclic amines) is 1. The van der Waals surface area contributed by atoms with Crippen LogP contribution in [0, 0.1) is 0 Å². The molecule has 2 amide bonds. The van der Waals surface area contributed by atoms with Crippen molar-refractivity contribution in [2.75, 3.05) is 26.8 Å². The van der Waals surface area contributed by atoms with Crippen molar-refractivity contribution in [3.05, 3.63) is 34.7 Å². The number of hydrogen-bond donors (Lipinski definition) is 1. The van der Waals surface area contributed by atoms with Crippen molar-refractivity contribution in [3.8, 4) is 5.75 Å². The van der Waals surface area contributed by atoms with E-state index in [9.17, 15) is 14.7 Å². The van der Waals surface area contributed by atoms with Gasteiger partial charge in [0, 0.05) is 19.2 Å². The standard InChI is InChI=1S/C20H24N2O4S2/c1-26-16-7-5-14(6-8-16)12-17-19(25)22(20(27)28-17)13-18(24)21-10-3-2-4-15(21)9-11-23/h5-8,12,15,23H,2-4,9-11,13H2,1H3. The van der Waals surface area contributed by atoms with E-state index in [1.54, 1.807) is 18.1 Å². The van der Waals surface area contributed by atoms with Crippen molar-refractivity contribution in [2.45, 2.75) is 31.7 Å². The first-order valence-electron chi connectivity index (χ1n) is 9.33. The van der Waals surface area contributed by atoms with Crippen LogP contribution in [-0.2, 0) is 9.59 Å². The van der Waals surface area contributed by atoms with Crippen LogP contribution in [0.4, 0.5) is 0 Å². The molecule has 2 fully saturated rings. The summed E-state index contributed by atoms with van der Waals surface area (Å²) in [7, 11) is 1.60. The first-order chi connectivity index (χ1) is 13.5. The van der Waals surface area contributed by atoms with E-state index in [-0.39, 0.29) is 31.0 Å². The second-order valence-electron chi connectivity index (χ2n) is 6.79.